The monoisotopic (exact) mass is 408 g/mol. The van der Waals surface area contributed by atoms with Crippen LogP contribution in [0.25, 0.3) is 6.08 Å². The molecule has 0 unspecified atom stereocenters. The van der Waals surface area contributed by atoms with E-state index in [-0.39, 0.29) is 17.0 Å². The highest BCUT2D eigenvalue weighted by Gasteiger charge is 2.23. The van der Waals surface area contributed by atoms with E-state index >= 15 is 0 Å². The summed E-state index contributed by atoms with van der Waals surface area (Å²) in [5, 5.41) is 3.38. The predicted octanol–water partition coefficient (Wildman–Crippen LogP) is 5.19. The van der Waals surface area contributed by atoms with Crippen molar-refractivity contribution in [1.29, 1.82) is 0 Å². The quantitative estimate of drug-likeness (QED) is 0.451. The number of amides is 2. The first-order valence-corrected chi connectivity index (χ1v) is 10.4. The van der Waals surface area contributed by atoms with Crippen molar-refractivity contribution in [2.24, 2.45) is 4.99 Å². The number of aliphatic imine (C=N–C) groups is 1. The zero-order valence-corrected chi connectivity index (χ0v) is 17.3. The first-order chi connectivity index (χ1) is 13.0. The molecule has 0 radical (unpaired) electrons. The van der Waals surface area contributed by atoms with Crippen LogP contribution in [0, 0.1) is 0 Å². The molecule has 0 aromatic heterocycles. The van der Waals surface area contributed by atoms with E-state index in [0.29, 0.717) is 22.3 Å². The Morgan fingerprint density at radius 1 is 1.26 bits per heavy atom. The summed E-state index contributed by atoms with van der Waals surface area (Å²) in [5.74, 6) is 0.0356. The lowest BCUT2D eigenvalue weighted by Crippen LogP contribution is -2.23. The lowest BCUT2D eigenvalue weighted by molar-refractivity contribution is -0.117. The van der Waals surface area contributed by atoms with Crippen molar-refractivity contribution in [1.82, 2.24) is 5.32 Å². The van der Waals surface area contributed by atoms with Gasteiger partial charge in [-0.2, -0.15) is 4.99 Å². The van der Waals surface area contributed by atoms with E-state index in [2.05, 4.69) is 17.2 Å². The van der Waals surface area contributed by atoms with Crippen LogP contribution in [0.1, 0.15) is 57.9 Å². The summed E-state index contributed by atoms with van der Waals surface area (Å²) in [6.07, 6.45) is 8.85. The molecule has 1 aliphatic rings. The lowest BCUT2D eigenvalue weighted by Gasteiger charge is -2.10. The molecule has 0 fully saturated rings. The number of amidine groups is 1. The van der Waals surface area contributed by atoms with E-state index in [0.717, 1.165) is 30.2 Å². The van der Waals surface area contributed by atoms with Crippen molar-refractivity contribution in [3.05, 3.63) is 33.7 Å². The zero-order chi connectivity index (χ0) is 19.6. The number of hydrogen-bond donors (Lipinski definition) is 1. The molecular formula is C20H25ClN2O3S. The standard InChI is InChI=1S/C20H25ClN2O3S/c1-3-4-5-6-7-8-11-26-17-10-9-16(21)12-15(17)13-18-19(25)23-20(27-18)22-14(2)24/h9-10,12-13H,3-8,11H2,1-2H3,(H,22,23,24,25)/b18-13-. The number of thioether (sulfide) groups is 1. The maximum Gasteiger partial charge on any atom is 0.286 e. The molecule has 0 saturated carbocycles. The predicted molar refractivity (Wildman–Crippen MR) is 112 cm³/mol. The molecule has 2 rings (SSSR count). The fraction of sp³-hybridized carbons (Fsp3) is 0.450. The van der Waals surface area contributed by atoms with Crippen LogP contribution in [0.3, 0.4) is 0 Å². The molecule has 27 heavy (non-hydrogen) atoms. The average Bonchev–Trinajstić information content (AvgIpc) is 2.94. The Morgan fingerprint density at radius 2 is 2.00 bits per heavy atom. The summed E-state index contributed by atoms with van der Waals surface area (Å²) in [4.78, 5) is 27.4. The second kappa shape index (κ2) is 11.1. The molecule has 0 spiro atoms. The van der Waals surface area contributed by atoms with Crippen LogP contribution in [-0.4, -0.2) is 23.6 Å². The number of halogens is 1. The van der Waals surface area contributed by atoms with Gasteiger partial charge in [-0.3, -0.25) is 9.59 Å². The van der Waals surface area contributed by atoms with Gasteiger partial charge in [0, 0.05) is 17.5 Å². The maximum absolute atomic E-state index is 12.1. The molecule has 1 aromatic carbocycles. The van der Waals surface area contributed by atoms with Crippen LogP contribution >= 0.6 is 23.4 Å². The van der Waals surface area contributed by atoms with Gasteiger partial charge in [-0.15, -0.1) is 0 Å². The number of ether oxygens (including phenoxy) is 1. The van der Waals surface area contributed by atoms with E-state index in [1.54, 1.807) is 18.2 Å². The second-order valence-electron chi connectivity index (χ2n) is 6.31. The second-order valence-corrected chi connectivity index (χ2v) is 7.78. The molecule has 2 amide bonds. The molecular weight excluding hydrogens is 384 g/mol. The van der Waals surface area contributed by atoms with Crippen LogP contribution in [0.4, 0.5) is 0 Å². The number of nitrogens with zero attached hydrogens (tertiary/aromatic N) is 1. The molecule has 0 saturated heterocycles. The third-order valence-corrected chi connectivity index (χ3v) is 5.05. The number of nitrogens with one attached hydrogen (secondary N) is 1. The first kappa shape index (κ1) is 21.5. The third kappa shape index (κ3) is 7.39. The molecule has 1 aromatic rings. The lowest BCUT2D eigenvalue weighted by atomic mass is 10.1. The number of rotatable bonds is 9. The fourth-order valence-electron chi connectivity index (χ4n) is 2.58. The van der Waals surface area contributed by atoms with Crippen LogP contribution in [0.15, 0.2) is 28.1 Å². The van der Waals surface area contributed by atoms with Gasteiger partial charge in [0.15, 0.2) is 5.17 Å². The molecule has 0 bridgehead atoms. The minimum absolute atomic E-state index is 0.263. The first-order valence-electron chi connectivity index (χ1n) is 9.22. The normalized spacial score (nSPS) is 15.1. The SMILES string of the molecule is CCCCCCCCOc1ccc(Cl)cc1/C=C1\SC(NC(C)=O)=NC1=O. The summed E-state index contributed by atoms with van der Waals surface area (Å²) in [6, 6.07) is 5.34. The van der Waals surface area contributed by atoms with Crippen molar-refractivity contribution >= 4 is 46.4 Å². The van der Waals surface area contributed by atoms with Gasteiger partial charge in [0.25, 0.3) is 5.91 Å². The third-order valence-electron chi connectivity index (χ3n) is 3.92. The summed E-state index contributed by atoms with van der Waals surface area (Å²) in [6.45, 7) is 4.20. The molecule has 1 N–H and O–H groups in total. The fourth-order valence-corrected chi connectivity index (χ4v) is 3.61. The van der Waals surface area contributed by atoms with Crippen molar-refractivity contribution in [2.75, 3.05) is 6.61 Å². The summed E-state index contributed by atoms with van der Waals surface area (Å²) in [7, 11) is 0. The summed E-state index contributed by atoms with van der Waals surface area (Å²) < 4.78 is 5.90. The van der Waals surface area contributed by atoms with E-state index in [1.165, 1.54) is 32.6 Å². The summed E-state index contributed by atoms with van der Waals surface area (Å²) >= 11 is 7.23. The van der Waals surface area contributed by atoms with Crippen LogP contribution in [0.2, 0.25) is 5.02 Å². The van der Waals surface area contributed by atoms with Crippen molar-refractivity contribution < 1.29 is 14.3 Å². The smallest absolute Gasteiger partial charge is 0.286 e. The molecule has 1 heterocycles. The number of unbranched alkanes of at least 4 members (excludes halogenated alkanes) is 5. The molecule has 0 aliphatic carbocycles. The Labute approximate surface area is 169 Å². The molecule has 7 heteroatoms. The van der Waals surface area contributed by atoms with E-state index in [9.17, 15) is 9.59 Å². The largest absolute Gasteiger partial charge is 0.493 e. The highest BCUT2D eigenvalue weighted by Crippen LogP contribution is 2.32. The van der Waals surface area contributed by atoms with Crippen LogP contribution in [-0.2, 0) is 9.59 Å². The van der Waals surface area contributed by atoms with Crippen LogP contribution in [0.5, 0.6) is 5.75 Å². The van der Waals surface area contributed by atoms with Crippen molar-refractivity contribution in [3.8, 4) is 5.75 Å². The molecule has 146 valence electrons. The number of hydrogen-bond acceptors (Lipinski definition) is 4. The van der Waals surface area contributed by atoms with Crippen molar-refractivity contribution in [3.63, 3.8) is 0 Å². The maximum atomic E-state index is 12.1. The average molecular weight is 409 g/mol. The van der Waals surface area contributed by atoms with Gasteiger partial charge in [-0.1, -0.05) is 50.6 Å². The Kier molecular flexibility index (Phi) is 8.88. The number of benzene rings is 1. The van der Waals surface area contributed by atoms with E-state index < -0.39 is 0 Å². The van der Waals surface area contributed by atoms with Gasteiger partial charge in [0.05, 0.1) is 11.5 Å². The summed E-state index contributed by atoms with van der Waals surface area (Å²) in [5.41, 5.74) is 0.726. The van der Waals surface area contributed by atoms with Gasteiger partial charge in [0.1, 0.15) is 5.75 Å². The molecule has 0 atom stereocenters. The van der Waals surface area contributed by atoms with Gasteiger partial charge in [-0.05, 0) is 42.5 Å². The molecule has 1 aliphatic heterocycles. The Morgan fingerprint density at radius 3 is 2.74 bits per heavy atom. The van der Waals surface area contributed by atoms with Gasteiger partial charge >= 0.3 is 0 Å². The Bertz CT molecular complexity index is 747. The minimum atomic E-state index is -0.384. The number of carbonyl (C=O) groups is 2. The van der Waals surface area contributed by atoms with Crippen molar-refractivity contribution in [2.45, 2.75) is 52.4 Å². The van der Waals surface area contributed by atoms with E-state index in [1.807, 2.05) is 6.07 Å². The highest BCUT2D eigenvalue weighted by molar-refractivity contribution is 8.18. The highest BCUT2D eigenvalue weighted by atomic mass is 35.5. The number of carbonyl (C=O) groups excluding carboxylic acids is 2. The minimum Gasteiger partial charge on any atom is -0.493 e. The van der Waals surface area contributed by atoms with Gasteiger partial charge in [0.2, 0.25) is 5.91 Å². The zero-order valence-electron chi connectivity index (χ0n) is 15.7. The van der Waals surface area contributed by atoms with Crippen LogP contribution < -0.4 is 10.1 Å². The van der Waals surface area contributed by atoms with E-state index in [4.69, 9.17) is 16.3 Å². The van der Waals surface area contributed by atoms with Gasteiger partial charge < -0.3 is 10.1 Å². The Hall–Kier alpha value is -1.79. The Balaban J connectivity index is 1.97. The molecule has 5 nitrogen and oxygen atoms in total. The topological polar surface area (TPSA) is 67.8 Å². The van der Waals surface area contributed by atoms with Gasteiger partial charge in [-0.25, -0.2) is 0 Å².